The number of Topliss-reactive ketones (excluding diaryl/α,β-unsaturated/α-hetero) is 1. The first-order valence-corrected chi connectivity index (χ1v) is 9.04. The third-order valence-electron chi connectivity index (χ3n) is 3.77. The lowest BCUT2D eigenvalue weighted by Crippen LogP contribution is -2.26. The fraction of sp³-hybridized carbons (Fsp3) is 0.562. The molecule has 1 heterocycles. The molecule has 1 aliphatic rings. The number of hydrogen-bond acceptors (Lipinski definition) is 4. The Hall–Kier alpha value is -1.20. The molecule has 0 amide bonds. The van der Waals surface area contributed by atoms with Crippen molar-refractivity contribution in [3.8, 4) is 0 Å². The molecule has 0 aliphatic carbocycles. The summed E-state index contributed by atoms with van der Waals surface area (Å²) in [6, 6.07) is 3.82. The number of hydrogen-bond donors (Lipinski definition) is 0. The Morgan fingerprint density at radius 3 is 2.38 bits per heavy atom. The first kappa shape index (κ1) is 16.2. The van der Waals surface area contributed by atoms with Gasteiger partial charge in [0.15, 0.2) is 15.6 Å². The van der Waals surface area contributed by atoms with Gasteiger partial charge in [-0.1, -0.05) is 17.7 Å². The fourth-order valence-corrected chi connectivity index (χ4v) is 4.50. The van der Waals surface area contributed by atoms with Crippen molar-refractivity contribution in [3.63, 3.8) is 0 Å². The van der Waals surface area contributed by atoms with Crippen LogP contribution in [0.15, 0.2) is 12.1 Å². The average molecular weight is 310 g/mol. The van der Waals surface area contributed by atoms with Crippen LogP contribution in [-0.2, 0) is 14.6 Å². The number of rotatable bonds is 5. The second-order valence-electron chi connectivity index (χ2n) is 5.89. The third kappa shape index (κ3) is 4.14. The van der Waals surface area contributed by atoms with Crippen molar-refractivity contribution in [2.24, 2.45) is 0 Å². The summed E-state index contributed by atoms with van der Waals surface area (Å²) in [5.74, 6) is -0.802. The van der Waals surface area contributed by atoms with Gasteiger partial charge in [-0.25, -0.2) is 8.42 Å². The third-order valence-corrected chi connectivity index (χ3v) is 5.35. The quantitative estimate of drug-likeness (QED) is 0.784. The smallest absolute Gasteiger partial charge is 0.178 e. The van der Waals surface area contributed by atoms with Crippen LogP contribution < -0.4 is 0 Å². The maximum absolute atomic E-state index is 12.4. The second kappa shape index (κ2) is 6.28. The van der Waals surface area contributed by atoms with Crippen LogP contribution in [0.1, 0.15) is 39.9 Å². The van der Waals surface area contributed by atoms with Crippen LogP contribution in [-0.4, -0.2) is 38.4 Å². The molecule has 0 spiro atoms. The second-order valence-corrected chi connectivity index (χ2v) is 8.00. The van der Waals surface area contributed by atoms with Crippen LogP contribution in [0.3, 0.4) is 0 Å². The fourth-order valence-electron chi connectivity index (χ4n) is 3.01. The van der Waals surface area contributed by atoms with E-state index in [0.717, 1.165) is 29.5 Å². The highest BCUT2D eigenvalue weighted by atomic mass is 32.2. The zero-order valence-corrected chi connectivity index (χ0v) is 13.6. The van der Waals surface area contributed by atoms with Crippen molar-refractivity contribution in [1.82, 2.24) is 0 Å². The standard InChI is InChI=1S/C16H22O4S/c1-11-7-12(2)16(13(3)8-11)15(17)10-21(18,19)9-14-5-4-6-20-14/h7-8,14H,4-6,9-10H2,1-3H3. The molecule has 116 valence electrons. The molecular weight excluding hydrogens is 288 g/mol. The van der Waals surface area contributed by atoms with Crippen molar-refractivity contribution in [3.05, 3.63) is 34.4 Å². The minimum Gasteiger partial charge on any atom is -0.377 e. The van der Waals surface area contributed by atoms with E-state index in [0.29, 0.717) is 12.2 Å². The van der Waals surface area contributed by atoms with E-state index in [1.807, 2.05) is 32.9 Å². The number of aryl methyl sites for hydroxylation is 3. The molecular formula is C16H22O4S. The Balaban J connectivity index is 2.14. The van der Waals surface area contributed by atoms with Gasteiger partial charge in [-0.15, -0.1) is 0 Å². The van der Waals surface area contributed by atoms with Crippen molar-refractivity contribution in [1.29, 1.82) is 0 Å². The minimum atomic E-state index is -3.43. The van der Waals surface area contributed by atoms with Crippen LogP contribution in [0.25, 0.3) is 0 Å². The first-order chi connectivity index (χ1) is 9.78. The number of benzene rings is 1. The summed E-state index contributed by atoms with van der Waals surface area (Å²) in [4.78, 5) is 12.4. The summed E-state index contributed by atoms with van der Waals surface area (Å²) in [5.41, 5.74) is 3.29. The van der Waals surface area contributed by atoms with Gasteiger partial charge in [0.1, 0.15) is 5.75 Å². The van der Waals surface area contributed by atoms with E-state index in [2.05, 4.69) is 0 Å². The van der Waals surface area contributed by atoms with Crippen LogP contribution in [0.5, 0.6) is 0 Å². The summed E-state index contributed by atoms with van der Waals surface area (Å²) in [6.07, 6.45) is 1.41. The maximum atomic E-state index is 12.4. The lowest BCUT2D eigenvalue weighted by Gasteiger charge is -2.12. The van der Waals surface area contributed by atoms with Gasteiger partial charge in [0.05, 0.1) is 11.9 Å². The summed E-state index contributed by atoms with van der Waals surface area (Å²) in [5, 5.41) is 0. The van der Waals surface area contributed by atoms with Gasteiger partial charge in [-0.2, -0.15) is 0 Å². The number of ketones is 1. The highest BCUT2D eigenvalue weighted by Gasteiger charge is 2.26. The van der Waals surface area contributed by atoms with Gasteiger partial charge in [0.25, 0.3) is 0 Å². The molecule has 0 aromatic heterocycles. The lowest BCUT2D eigenvalue weighted by molar-refractivity contribution is 0.101. The van der Waals surface area contributed by atoms with Gasteiger partial charge in [-0.05, 0) is 44.7 Å². The molecule has 1 aromatic carbocycles. The molecule has 2 rings (SSSR count). The zero-order valence-electron chi connectivity index (χ0n) is 12.8. The Kier molecular flexibility index (Phi) is 4.84. The van der Waals surface area contributed by atoms with E-state index >= 15 is 0 Å². The Morgan fingerprint density at radius 2 is 1.86 bits per heavy atom. The Labute approximate surface area is 126 Å². The molecule has 1 aromatic rings. The van der Waals surface area contributed by atoms with Gasteiger partial charge < -0.3 is 4.74 Å². The lowest BCUT2D eigenvalue weighted by atomic mass is 9.97. The molecule has 21 heavy (non-hydrogen) atoms. The summed E-state index contributed by atoms with van der Waals surface area (Å²) in [6.45, 7) is 6.27. The average Bonchev–Trinajstić information content (AvgIpc) is 2.78. The molecule has 0 bridgehead atoms. The highest BCUT2D eigenvalue weighted by molar-refractivity contribution is 7.92. The van der Waals surface area contributed by atoms with E-state index in [-0.39, 0.29) is 17.6 Å². The molecule has 1 aliphatic heterocycles. The summed E-state index contributed by atoms with van der Waals surface area (Å²) in [7, 11) is -3.43. The largest absolute Gasteiger partial charge is 0.377 e. The van der Waals surface area contributed by atoms with Crippen LogP contribution in [0, 0.1) is 20.8 Å². The molecule has 0 N–H and O–H groups in total. The SMILES string of the molecule is Cc1cc(C)c(C(=O)CS(=O)(=O)CC2CCCO2)c(C)c1. The minimum absolute atomic E-state index is 0.0529. The van der Waals surface area contributed by atoms with Gasteiger partial charge in [0, 0.05) is 12.2 Å². The van der Waals surface area contributed by atoms with Crippen LogP contribution in [0.4, 0.5) is 0 Å². The molecule has 0 saturated carbocycles. The van der Waals surface area contributed by atoms with Gasteiger partial charge in [-0.3, -0.25) is 4.79 Å². The Morgan fingerprint density at radius 1 is 1.24 bits per heavy atom. The molecule has 5 heteroatoms. The predicted octanol–water partition coefficient (Wildman–Crippen LogP) is 2.39. The van der Waals surface area contributed by atoms with Gasteiger partial charge in [0.2, 0.25) is 0 Å². The predicted molar refractivity (Wildman–Crippen MR) is 82.6 cm³/mol. The Bertz CT molecular complexity index is 617. The molecule has 1 atom stereocenters. The zero-order chi connectivity index (χ0) is 15.6. The molecule has 1 saturated heterocycles. The van der Waals surface area contributed by atoms with Crippen molar-refractivity contribution < 1.29 is 17.9 Å². The number of sulfone groups is 1. The maximum Gasteiger partial charge on any atom is 0.178 e. The molecule has 0 radical (unpaired) electrons. The van der Waals surface area contributed by atoms with E-state index in [9.17, 15) is 13.2 Å². The summed E-state index contributed by atoms with van der Waals surface area (Å²) < 4.78 is 29.7. The summed E-state index contributed by atoms with van der Waals surface area (Å²) >= 11 is 0. The molecule has 1 fully saturated rings. The van der Waals surface area contributed by atoms with Crippen molar-refractivity contribution in [2.45, 2.75) is 39.7 Å². The number of carbonyl (C=O) groups excluding carboxylic acids is 1. The van der Waals surface area contributed by atoms with Crippen LogP contribution in [0.2, 0.25) is 0 Å². The van der Waals surface area contributed by atoms with E-state index < -0.39 is 15.6 Å². The highest BCUT2D eigenvalue weighted by Crippen LogP contribution is 2.19. The van der Waals surface area contributed by atoms with E-state index in [4.69, 9.17) is 4.74 Å². The molecule has 4 nitrogen and oxygen atoms in total. The normalized spacial score (nSPS) is 18.9. The van der Waals surface area contributed by atoms with Crippen molar-refractivity contribution >= 4 is 15.6 Å². The number of ether oxygens (including phenoxy) is 1. The first-order valence-electron chi connectivity index (χ1n) is 7.21. The van der Waals surface area contributed by atoms with E-state index in [1.165, 1.54) is 0 Å². The van der Waals surface area contributed by atoms with Crippen LogP contribution >= 0.6 is 0 Å². The van der Waals surface area contributed by atoms with Gasteiger partial charge >= 0.3 is 0 Å². The van der Waals surface area contributed by atoms with E-state index in [1.54, 1.807) is 0 Å². The molecule has 1 unspecified atom stereocenters. The monoisotopic (exact) mass is 310 g/mol. The van der Waals surface area contributed by atoms with Crippen molar-refractivity contribution in [2.75, 3.05) is 18.1 Å². The topological polar surface area (TPSA) is 60.4 Å². The number of carbonyl (C=O) groups is 1.